The Bertz CT molecular complexity index is 609. The third kappa shape index (κ3) is 1.72. The van der Waals surface area contributed by atoms with Gasteiger partial charge >= 0.3 is 0 Å². The number of aromatic nitrogens is 4. The van der Waals surface area contributed by atoms with Crippen molar-refractivity contribution < 1.29 is 5.11 Å². The van der Waals surface area contributed by atoms with Crippen LogP contribution in [0.3, 0.4) is 0 Å². The molecule has 0 bridgehead atoms. The molecular weight excluding hydrogens is 254 g/mol. The van der Waals surface area contributed by atoms with Crippen molar-refractivity contribution in [3.8, 4) is 0 Å². The van der Waals surface area contributed by atoms with Gasteiger partial charge in [0.2, 0.25) is 0 Å². The summed E-state index contributed by atoms with van der Waals surface area (Å²) >= 11 is 6.12. The Morgan fingerprint density at radius 2 is 2.28 bits per heavy atom. The highest BCUT2D eigenvalue weighted by Crippen LogP contribution is 2.31. The van der Waals surface area contributed by atoms with Gasteiger partial charge in [-0.05, 0) is 20.3 Å². The standard InChI is InChI=1S/C11H14ClN5O/c1-7-8(12)15-10-13-6-14-17(10)9(7)16-4-3-11(2,18)5-16/h6,18H,3-5H2,1-2H3. The molecule has 1 N–H and O–H groups in total. The first-order valence-corrected chi connectivity index (χ1v) is 6.19. The highest BCUT2D eigenvalue weighted by Gasteiger charge is 2.33. The minimum absolute atomic E-state index is 0.428. The number of halogens is 1. The Balaban J connectivity index is 2.16. The summed E-state index contributed by atoms with van der Waals surface area (Å²) in [5.74, 6) is 1.34. The minimum Gasteiger partial charge on any atom is -0.388 e. The number of aliphatic hydroxyl groups is 1. The molecule has 1 aliphatic rings. The third-order valence-electron chi connectivity index (χ3n) is 3.32. The normalized spacial score (nSPS) is 24.1. The molecule has 0 saturated carbocycles. The maximum atomic E-state index is 10.1. The molecule has 1 unspecified atom stereocenters. The highest BCUT2D eigenvalue weighted by atomic mass is 35.5. The molecule has 0 aliphatic carbocycles. The van der Waals surface area contributed by atoms with Gasteiger partial charge in [0.15, 0.2) is 0 Å². The second-order valence-corrected chi connectivity index (χ2v) is 5.35. The first-order valence-electron chi connectivity index (χ1n) is 5.81. The van der Waals surface area contributed by atoms with E-state index in [9.17, 15) is 5.11 Å². The molecule has 2 aromatic heterocycles. The van der Waals surface area contributed by atoms with Gasteiger partial charge in [-0.2, -0.15) is 19.6 Å². The van der Waals surface area contributed by atoms with E-state index >= 15 is 0 Å². The minimum atomic E-state index is -0.672. The summed E-state index contributed by atoms with van der Waals surface area (Å²) in [6, 6.07) is 0. The fourth-order valence-corrected chi connectivity index (χ4v) is 2.54. The van der Waals surface area contributed by atoms with Crippen LogP contribution in [0, 0.1) is 6.92 Å². The van der Waals surface area contributed by atoms with Gasteiger partial charge in [0.05, 0.1) is 5.60 Å². The Hall–Kier alpha value is -1.40. The van der Waals surface area contributed by atoms with Crippen LogP contribution >= 0.6 is 11.6 Å². The average molecular weight is 268 g/mol. The average Bonchev–Trinajstić information content (AvgIpc) is 2.86. The molecule has 0 aromatic carbocycles. The summed E-state index contributed by atoms with van der Waals surface area (Å²) < 4.78 is 1.67. The quantitative estimate of drug-likeness (QED) is 0.783. The predicted molar refractivity (Wildman–Crippen MR) is 68.0 cm³/mol. The molecular formula is C11H14ClN5O. The van der Waals surface area contributed by atoms with Crippen LogP contribution in [0.4, 0.5) is 5.82 Å². The first kappa shape index (κ1) is 11.7. The van der Waals surface area contributed by atoms with Crippen LogP contribution in [0.1, 0.15) is 18.9 Å². The highest BCUT2D eigenvalue weighted by molar-refractivity contribution is 6.30. The topological polar surface area (TPSA) is 66.5 Å². The molecule has 18 heavy (non-hydrogen) atoms. The summed E-state index contributed by atoms with van der Waals surface area (Å²) in [7, 11) is 0. The van der Waals surface area contributed by atoms with E-state index < -0.39 is 5.60 Å². The summed E-state index contributed by atoms with van der Waals surface area (Å²) in [6.07, 6.45) is 2.18. The second-order valence-electron chi connectivity index (χ2n) is 4.99. The van der Waals surface area contributed by atoms with Crippen molar-refractivity contribution in [2.75, 3.05) is 18.0 Å². The number of rotatable bonds is 1. The first-order chi connectivity index (χ1) is 8.48. The van der Waals surface area contributed by atoms with E-state index in [2.05, 4.69) is 20.0 Å². The summed E-state index contributed by atoms with van der Waals surface area (Å²) in [5.41, 5.74) is 0.183. The zero-order chi connectivity index (χ0) is 12.9. The Morgan fingerprint density at radius 1 is 1.50 bits per heavy atom. The number of nitrogens with zero attached hydrogens (tertiary/aromatic N) is 5. The van der Waals surface area contributed by atoms with Crippen molar-refractivity contribution in [1.29, 1.82) is 0 Å². The van der Waals surface area contributed by atoms with Gasteiger partial charge in [0, 0.05) is 18.7 Å². The van der Waals surface area contributed by atoms with Crippen molar-refractivity contribution in [3.05, 3.63) is 17.0 Å². The van der Waals surface area contributed by atoms with Crippen LogP contribution in [-0.2, 0) is 0 Å². The number of anilines is 1. The van der Waals surface area contributed by atoms with Crippen molar-refractivity contribution in [2.45, 2.75) is 25.9 Å². The van der Waals surface area contributed by atoms with Gasteiger partial charge in [0.25, 0.3) is 5.78 Å². The van der Waals surface area contributed by atoms with Gasteiger partial charge in [0.1, 0.15) is 17.3 Å². The zero-order valence-corrected chi connectivity index (χ0v) is 11.0. The lowest BCUT2D eigenvalue weighted by atomic mass is 10.1. The molecule has 6 nitrogen and oxygen atoms in total. The molecule has 3 heterocycles. The molecule has 96 valence electrons. The summed E-state index contributed by atoms with van der Waals surface area (Å²) in [6.45, 7) is 5.06. The molecule has 0 spiro atoms. The molecule has 1 fully saturated rings. The number of fused-ring (bicyclic) bond motifs is 1. The van der Waals surface area contributed by atoms with E-state index in [0.717, 1.165) is 24.3 Å². The van der Waals surface area contributed by atoms with Gasteiger partial charge in [-0.1, -0.05) is 11.6 Å². The number of hydrogen-bond donors (Lipinski definition) is 1. The lowest BCUT2D eigenvalue weighted by Crippen LogP contribution is -2.31. The molecule has 1 aliphatic heterocycles. The fraction of sp³-hybridized carbons (Fsp3) is 0.545. The van der Waals surface area contributed by atoms with Gasteiger partial charge in [-0.3, -0.25) is 0 Å². The van der Waals surface area contributed by atoms with Crippen LogP contribution < -0.4 is 4.90 Å². The Morgan fingerprint density at radius 3 is 2.94 bits per heavy atom. The summed E-state index contributed by atoms with van der Waals surface area (Å²) in [5, 5.41) is 14.7. The maximum Gasteiger partial charge on any atom is 0.255 e. The van der Waals surface area contributed by atoms with E-state index in [0.29, 0.717) is 17.5 Å². The van der Waals surface area contributed by atoms with E-state index in [4.69, 9.17) is 11.6 Å². The lowest BCUT2D eigenvalue weighted by Gasteiger charge is -2.23. The SMILES string of the molecule is Cc1c(Cl)nc2ncnn2c1N1CCC(C)(O)C1. The van der Waals surface area contributed by atoms with Gasteiger partial charge in [-0.15, -0.1) is 0 Å². The van der Waals surface area contributed by atoms with Crippen LogP contribution in [-0.4, -0.2) is 43.4 Å². The smallest absolute Gasteiger partial charge is 0.255 e. The van der Waals surface area contributed by atoms with Crippen molar-refractivity contribution in [2.24, 2.45) is 0 Å². The van der Waals surface area contributed by atoms with Crippen LogP contribution in [0.2, 0.25) is 5.15 Å². The van der Waals surface area contributed by atoms with E-state index in [1.165, 1.54) is 6.33 Å². The van der Waals surface area contributed by atoms with Crippen molar-refractivity contribution in [1.82, 2.24) is 19.6 Å². The molecule has 2 aromatic rings. The maximum absolute atomic E-state index is 10.1. The molecule has 1 saturated heterocycles. The van der Waals surface area contributed by atoms with E-state index in [1.807, 2.05) is 13.8 Å². The van der Waals surface area contributed by atoms with E-state index in [1.54, 1.807) is 4.52 Å². The largest absolute Gasteiger partial charge is 0.388 e. The molecule has 1 atom stereocenters. The van der Waals surface area contributed by atoms with Gasteiger partial charge in [-0.25, -0.2) is 0 Å². The summed E-state index contributed by atoms with van der Waals surface area (Å²) in [4.78, 5) is 10.3. The van der Waals surface area contributed by atoms with Gasteiger partial charge < -0.3 is 10.0 Å². The molecule has 7 heteroatoms. The van der Waals surface area contributed by atoms with Crippen LogP contribution in [0.15, 0.2) is 6.33 Å². The second kappa shape index (κ2) is 3.80. The Labute approximate surface area is 109 Å². The fourth-order valence-electron chi connectivity index (χ4n) is 2.38. The number of β-amino-alcohol motifs (C(OH)–C–C–N with tert-alkyl or cyclic N) is 1. The molecule has 0 amide bonds. The lowest BCUT2D eigenvalue weighted by molar-refractivity contribution is 0.0838. The van der Waals surface area contributed by atoms with Crippen LogP contribution in [0.25, 0.3) is 5.78 Å². The van der Waals surface area contributed by atoms with E-state index in [-0.39, 0.29) is 0 Å². The molecule has 3 rings (SSSR count). The monoisotopic (exact) mass is 267 g/mol. The molecule has 0 radical (unpaired) electrons. The zero-order valence-electron chi connectivity index (χ0n) is 10.3. The number of hydrogen-bond acceptors (Lipinski definition) is 5. The Kier molecular flexibility index (Phi) is 2.46. The predicted octanol–water partition coefficient (Wildman–Crippen LogP) is 1.05. The third-order valence-corrected chi connectivity index (χ3v) is 3.69. The van der Waals surface area contributed by atoms with Crippen LogP contribution in [0.5, 0.6) is 0 Å². The van der Waals surface area contributed by atoms with Crippen molar-refractivity contribution >= 4 is 23.2 Å². The van der Waals surface area contributed by atoms with Crippen molar-refractivity contribution in [3.63, 3.8) is 0 Å².